The minimum absolute atomic E-state index is 0.0270. The summed E-state index contributed by atoms with van der Waals surface area (Å²) in [5.41, 5.74) is 3.91. The van der Waals surface area contributed by atoms with Crippen molar-refractivity contribution in [2.45, 2.75) is 38.8 Å². The van der Waals surface area contributed by atoms with Crippen LogP contribution >= 0.6 is 23.2 Å². The molecule has 1 fully saturated rings. The van der Waals surface area contributed by atoms with Gasteiger partial charge in [0.1, 0.15) is 5.75 Å². The molecule has 2 aliphatic heterocycles. The number of carbonyl (C=O) groups is 1. The highest BCUT2D eigenvalue weighted by atomic mass is 35.5. The third-order valence-electron chi connectivity index (χ3n) is 6.65. The Morgan fingerprint density at radius 3 is 2.52 bits per heavy atom. The van der Waals surface area contributed by atoms with Crippen LogP contribution in [-0.2, 0) is 17.6 Å². The van der Waals surface area contributed by atoms with E-state index < -0.39 is 0 Å². The second-order valence-corrected chi connectivity index (χ2v) is 9.39. The van der Waals surface area contributed by atoms with Crippen molar-refractivity contribution in [2.24, 2.45) is 0 Å². The third-order valence-corrected chi connectivity index (χ3v) is 7.51. The minimum Gasteiger partial charge on any atom is -0.495 e. The van der Waals surface area contributed by atoms with Crippen molar-refractivity contribution in [3.8, 4) is 5.75 Å². The Hall–Kier alpha value is -1.95. The van der Waals surface area contributed by atoms with E-state index in [-0.39, 0.29) is 12.3 Å². The number of hydrogen-bond acceptors (Lipinski definition) is 4. The number of hydrogen-bond donors (Lipinski definition) is 0. The van der Waals surface area contributed by atoms with E-state index in [1.54, 1.807) is 13.2 Å². The monoisotopic (exact) mass is 461 g/mol. The van der Waals surface area contributed by atoms with E-state index in [0.717, 1.165) is 47.8 Å². The molecule has 0 saturated carbocycles. The Balaban J connectivity index is 1.63. The van der Waals surface area contributed by atoms with E-state index in [4.69, 9.17) is 27.9 Å². The van der Waals surface area contributed by atoms with Crippen LogP contribution in [0.25, 0.3) is 0 Å². The number of carbonyl (C=O) groups excluding carboxylic acids is 1. The standard InChI is InChI=1S/C24H29Cl2N3O2/c1-15-13-28(14-16(2)27(15)3)21-12-20-17(10-22(21)31-4)8-9-29(20)23(30)11-18-6-5-7-19(25)24(18)26/h5-7,10,12,15-16H,8-9,11,13-14H2,1-4H3. The number of ether oxygens (including phenoxy) is 1. The molecule has 1 saturated heterocycles. The summed E-state index contributed by atoms with van der Waals surface area (Å²) in [6, 6.07) is 10.5. The van der Waals surface area contributed by atoms with Crippen LogP contribution in [0.2, 0.25) is 10.0 Å². The van der Waals surface area contributed by atoms with Gasteiger partial charge in [0, 0.05) is 37.4 Å². The van der Waals surface area contributed by atoms with Gasteiger partial charge < -0.3 is 14.5 Å². The first-order valence-electron chi connectivity index (χ1n) is 10.7. The fourth-order valence-corrected chi connectivity index (χ4v) is 5.00. The van der Waals surface area contributed by atoms with Crippen LogP contribution < -0.4 is 14.5 Å². The molecule has 2 aromatic carbocycles. The summed E-state index contributed by atoms with van der Waals surface area (Å²) in [7, 11) is 3.89. The highest BCUT2D eigenvalue weighted by molar-refractivity contribution is 6.42. The predicted molar refractivity (Wildman–Crippen MR) is 128 cm³/mol. The van der Waals surface area contributed by atoms with Crippen molar-refractivity contribution >= 4 is 40.5 Å². The first kappa shape index (κ1) is 22.3. The van der Waals surface area contributed by atoms with Crippen LogP contribution in [0.4, 0.5) is 11.4 Å². The number of rotatable bonds is 4. The molecular formula is C24H29Cl2N3O2. The first-order chi connectivity index (χ1) is 14.8. The number of nitrogens with zero attached hydrogens (tertiary/aromatic N) is 3. The van der Waals surface area contributed by atoms with E-state index in [9.17, 15) is 4.79 Å². The van der Waals surface area contributed by atoms with E-state index in [1.807, 2.05) is 17.0 Å². The molecule has 2 atom stereocenters. The van der Waals surface area contributed by atoms with E-state index >= 15 is 0 Å². The summed E-state index contributed by atoms with van der Waals surface area (Å²) < 4.78 is 5.75. The van der Waals surface area contributed by atoms with Gasteiger partial charge in [-0.15, -0.1) is 0 Å². The number of amides is 1. The predicted octanol–water partition coefficient (Wildman–Crippen LogP) is 4.66. The average molecular weight is 462 g/mol. The lowest BCUT2D eigenvalue weighted by molar-refractivity contribution is -0.117. The quantitative estimate of drug-likeness (QED) is 0.662. The SMILES string of the molecule is COc1cc2c(cc1N1CC(C)N(C)C(C)C1)N(C(=O)Cc1cccc(Cl)c1Cl)CC2. The third kappa shape index (κ3) is 4.23. The molecule has 166 valence electrons. The number of fused-ring (bicyclic) bond motifs is 1. The van der Waals surface area contributed by atoms with Crippen molar-refractivity contribution in [3.05, 3.63) is 51.5 Å². The van der Waals surface area contributed by atoms with Crippen molar-refractivity contribution in [3.63, 3.8) is 0 Å². The Bertz CT molecular complexity index is 985. The topological polar surface area (TPSA) is 36.0 Å². The Morgan fingerprint density at radius 2 is 1.84 bits per heavy atom. The molecule has 1 amide bonds. The maximum absolute atomic E-state index is 13.2. The van der Waals surface area contributed by atoms with Gasteiger partial charge in [-0.3, -0.25) is 9.69 Å². The molecule has 2 aliphatic rings. The largest absolute Gasteiger partial charge is 0.495 e. The summed E-state index contributed by atoms with van der Waals surface area (Å²) in [6.07, 6.45) is 1.04. The summed E-state index contributed by atoms with van der Waals surface area (Å²) >= 11 is 12.5. The van der Waals surface area contributed by atoms with Crippen molar-refractivity contribution in [1.82, 2.24) is 4.90 Å². The molecule has 4 rings (SSSR count). The van der Waals surface area contributed by atoms with Gasteiger partial charge in [0.2, 0.25) is 5.91 Å². The number of likely N-dealkylation sites (N-methyl/N-ethyl adjacent to an activating group) is 1. The number of anilines is 2. The van der Waals surface area contributed by atoms with E-state index in [0.29, 0.717) is 28.7 Å². The molecule has 2 heterocycles. The summed E-state index contributed by atoms with van der Waals surface area (Å²) in [4.78, 5) is 19.9. The van der Waals surface area contributed by atoms with Gasteiger partial charge in [0.15, 0.2) is 0 Å². The van der Waals surface area contributed by atoms with Crippen molar-refractivity contribution < 1.29 is 9.53 Å². The lowest BCUT2D eigenvalue weighted by atomic mass is 10.1. The minimum atomic E-state index is 0.0270. The molecule has 0 radical (unpaired) electrons. The molecule has 7 heteroatoms. The van der Waals surface area contributed by atoms with Gasteiger partial charge in [-0.1, -0.05) is 35.3 Å². The van der Waals surface area contributed by atoms with Crippen LogP contribution in [0.15, 0.2) is 30.3 Å². The second-order valence-electron chi connectivity index (χ2n) is 8.61. The van der Waals surface area contributed by atoms with Crippen LogP contribution in [-0.4, -0.2) is 56.7 Å². The molecule has 0 aromatic heterocycles. The maximum Gasteiger partial charge on any atom is 0.231 e. The number of methoxy groups -OCH3 is 1. The van der Waals surface area contributed by atoms with Gasteiger partial charge in [-0.2, -0.15) is 0 Å². The highest BCUT2D eigenvalue weighted by Gasteiger charge is 2.31. The average Bonchev–Trinajstić information content (AvgIpc) is 3.17. The zero-order chi connectivity index (χ0) is 22.3. The van der Waals surface area contributed by atoms with E-state index in [2.05, 4.69) is 42.8 Å². The van der Waals surface area contributed by atoms with Gasteiger partial charge in [0.05, 0.1) is 29.3 Å². The lowest BCUT2D eigenvalue weighted by Gasteiger charge is -2.44. The van der Waals surface area contributed by atoms with Crippen LogP contribution in [0.5, 0.6) is 5.75 Å². The highest BCUT2D eigenvalue weighted by Crippen LogP contribution is 2.40. The lowest BCUT2D eigenvalue weighted by Crippen LogP contribution is -2.55. The number of piperazine rings is 1. The van der Waals surface area contributed by atoms with E-state index in [1.165, 1.54) is 0 Å². The molecular weight excluding hydrogens is 433 g/mol. The van der Waals surface area contributed by atoms with Crippen molar-refractivity contribution in [2.75, 3.05) is 43.6 Å². The second kappa shape index (κ2) is 8.89. The van der Waals surface area contributed by atoms with Crippen LogP contribution in [0, 0.1) is 0 Å². The normalized spacial score (nSPS) is 21.4. The zero-order valence-corrected chi connectivity index (χ0v) is 20.0. The van der Waals surface area contributed by atoms with Crippen molar-refractivity contribution in [1.29, 1.82) is 0 Å². The van der Waals surface area contributed by atoms with Crippen LogP contribution in [0.1, 0.15) is 25.0 Å². The fraction of sp³-hybridized carbons (Fsp3) is 0.458. The smallest absolute Gasteiger partial charge is 0.231 e. The molecule has 0 N–H and O–H groups in total. The maximum atomic E-state index is 13.2. The van der Waals surface area contributed by atoms with Gasteiger partial charge in [-0.05, 0) is 56.6 Å². The summed E-state index contributed by atoms with van der Waals surface area (Å²) in [5, 5.41) is 0.923. The molecule has 2 aromatic rings. The molecule has 31 heavy (non-hydrogen) atoms. The molecule has 0 spiro atoms. The Kier molecular flexibility index (Phi) is 6.38. The molecule has 0 aliphatic carbocycles. The Morgan fingerprint density at radius 1 is 1.13 bits per heavy atom. The number of halogens is 2. The summed E-state index contributed by atoms with van der Waals surface area (Å²) in [5.74, 6) is 0.897. The van der Waals surface area contributed by atoms with Gasteiger partial charge in [0.25, 0.3) is 0 Å². The first-order valence-corrected chi connectivity index (χ1v) is 11.5. The molecule has 0 bridgehead atoms. The Labute approximate surface area is 194 Å². The zero-order valence-electron chi connectivity index (χ0n) is 18.5. The fourth-order valence-electron chi connectivity index (χ4n) is 4.62. The summed E-state index contributed by atoms with van der Waals surface area (Å²) in [6.45, 7) is 6.98. The molecule has 5 nitrogen and oxygen atoms in total. The van der Waals surface area contributed by atoms with Crippen LogP contribution in [0.3, 0.4) is 0 Å². The van der Waals surface area contributed by atoms with Gasteiger partial charge >= 0.3 is 0 Å². The molecule has 2 unspecified atom stereocenters. The van der Waals surface area contributed by atoms with Gasteiger partial charge in [-0.25, -0.2) is 0 Å². The number of benzene rings is 2.